The number of hydrogen-bond acceptors (Lipinski definition) is 7. The number of hydrogen-bond donors (Lipinski definition) is 3. The first-order chi connectivity index (χ1) is 9.17. The van der Waals surface area contributed by atoms with Gasteiger partial charge in [0.05, 0.1) is 18.0 Å². The number of aliphatic hydroxyl groups is 1. The highest BCUT2D eigenvalue weighted by Crippen LogP contribution is 2.48. The second-order valence-electron chi connectivity index (χ2n) is 4.61. The van der Waals surface area contributed by atoms with E-state index in [0.29, 0.717) is 10.8 Å². The highest BCUT2D eigenvalue weighted by atomic mass is 32.2. The molecular weight excluding hydrogens is 270 g/mol. The van der Waals surface area contributed by atoms with E-state index in [1.165, 1.54) is 0 Å². The molecule has 4 rings (SSSR count). The number of aromatic amines is 1. The third-order valence-electron chi connectivity index (χ3n) is 3.40. The molecule has 0 spiro atoms. The molecule has 3 atom stereocenters. The van der Waals surface area contributed by atoms with Crippen LogP contribution in [0.1, 0.15) is 12.6 Å². The summed E-state index contributed by atoms with van der Waals surface area (Å²) in [5.41, 5.74) is 5.93. The summed E-state index contributed by atoms with van der Waals surface area (Å²) in [4.78, 5) is 22.6. The highest BCUT2D eigenvalue weighted by Gasteiger charge is 2.44. The van der Waals surface area contributed by atoms with E-state index in [4.69, 9.17) is 10.5 Å². The minimum Gasteiger partial charge on any atom is -0.394 e. The summed E-state index contributed by atoms with van der Waals surface area (Å²) < 4.78 is 7.56. The van der Waals surface area contributed by atoms with E-state index in [1.807, 2.05) is 0 Å². The fourth-order valence-corrected chi connectivity index (χ4v) is 3.93. The normalized spacial score (nSPS) is 28.8. The van der Waals surface area contributed by atoms with Gasteiger partial charge in [-0.05, 0) is 6.42 Å². The number of thioether (sulfide) groups is 1. The van der Waals surface area contributed by atoms with E-state index < -0.39 is 0 Å². The second kappa shape index (κ2) is 3.71. The average Bonchev–Trinajstić information content (AvgIpc) is 2.97. The predicted molar refractivity (Wildman–Crippen MR) is 67.8 cm³/mol. The molecule has 0 saturated carbocycles. The molecule has 0 aliphatic carbocycles. The van der Waals surface area contributed by atoms with Crippen LogP contribution in [0.5, 0.6) is 0 Å². The Morgan fingerprint density at radius 2 is 2.42 bits per heavy atom. The van der Waals surface area contributed by atoms with Gasteiger partial charge >= 0.3 is 0 Å². The van der Waals surface area contributed by atoms with Crippen LogP contribution in [0.4, 0.5) is 5.95 Å². The van der Waals surface area contributed by atoms with Gasteiger partial charge in [0.25, 0.3) is 5.56 Å². The molecule has 2 aromatic rings. The van der Waals surface area contributed by atoms with Crippen molar-refractivity contribution in [3.8, 4) is 0 Å². The number of H-pyrrole nitrogens is 1. The lowest BCUT2D eigenvalue weighted by atomic mass is 10.2. The standard InChI is InChI=1S/C10H11N5O3S/c11-9-13-6-5(7(17)14-9)12-10-15(6)8-4(19-10)1-3(2-16)18-8/h3-4,8,16H,1-2H2,(H3,11,13,14,17)/t3-,4-,8?/m0/s1. The zero-order chi connectivity index (χ0) is 13.1. The number of nitrogens with one attached hydrogen (secondary N) is 1. The van der Waals surface area contributed by atoms with Gasteiger partial charge in [-0.25, -0.2) is 4.98 Å². The number of imidazole rings is 1. The number of anilines is 1. The molecule has 2 aromatic heterocycles. The molecule has 0 aromatic carbocycles. The number of aliphatic hydroxyl groups excluding tert-OH is 1. The van der Waals surface area contributed by atoms with E-state index in [1.54, 1.807) is 16.3 Å². The van der Waals surface area contributed by atoms with E-state index >= 15 is 0 Å². The van der Waals surface area contributed by atoms with Crippen LogP contribution in [-0.2, 0) is 4.74 Å². The van der Waals surface area contributed by atoms with Crippen LogP contribution in [0.2, 0.25) is 0 Å². The van der Waals surface area contributed by atoms with Crippen molar-refractivity contribution in [1.82, 2.24) is 19.5 Å². The summed E-state index contributed by atoms with van der Waals surface area (Å²) in [5.74, 6) is 0.0605. The van der Waals surface area contributed by atoms with Gasteiger partial charge in [-0.2, -0.15) is 4.98 Å². The van der Waals surface area contributed by atoms with E-state index in [9.17, 15) is 9.90 Å². The van der Waals surface area contributed by atoms with Crippen LogP contribution in [0.15, 0.2) is 9.95 Å². The molecule has 1 saturated heterocycles. The smallest absolute Gasteiger partial charge is 0.280 e. The largest absolute Gasteiger partial charge is 0.394 e. The maximum Gasteiger partial charge on any atom is 0.280 e. The zero-order valence-electron chi connectivity index (χ0n) is 9.74. The van der Waals surface area contributed by atoms with Gasteiger partial charge in [0.2, 0.25) is 5.95 Å². The Hall–Kier alpha value is -1.58. The zero-order valence-corrected chi connectivity index (χ0v) is 10.6. The lowest BCUT2D eigenvalue weighted by Gasteiger charge is -2.12. The van der Waals surface area contributed by atoms with Crippen molar-refractivity contribution in [2.45, 2.75) is 29.2 Å². The van der Waals surface area contributed by atoms with Crippen molar-refractivity contribution in [2.24, 2.45) is 0 Å². The number of ether oxygens (including phenoxy) is 1. The first kappa shape index (κ1) is 11.3. The molecule has 0 amide bonds. The summed E-state index contributed by atoms with van der Waals surface area (Å²) in [6.45, 7) is -0.00826. The summed E-state index contributed by atoms with van der Waals surface area (Å²) in [5, 5.41) is 10.1. The van der Waals surface area contributed by atoms with Crippen molar-refractivity contribution in [1.29, 1.82) is 0 Å². The first-order valence-electron chi connectivity index (χ1n) is 5.88. The van der Waals surface area contributed by atoms with Crippen molar-refractivity contribution in [3.63, 3.8) is 0 Å². The van der Waals surface area contributed by atoms with Gasteiger partial charge in [0, 0.05) is 0 Å². The fraction of sp³-hybridized carbons (Fsp3) is 0.500. The average molecular weight is 281 g/mol. The van der Waals surface area contributed by atoms with E-state index in [2.05, 4.69) is 15.0 Å². The number of aromatic nitrogens is 4. The number of nitrogen functional groups attached to an aromatic ring is 1. The molecule has 1 fully saturated rings. The minimum absolute atomic E-state index is 0.00826. The molecule has 4 N–H and O–H groups in total. The number of rotatable bonds is 1. The Kier molecular flexibility index (Phi) is 2.20. The minimum atomic E-state index is -0.349. The molecule has 2 aliphatic heterocycles. The molecule has 0 bridgehead atoms. The van der Waals surface area contributed by atoms with Crippen LogP contribution in [0.25, 0.3) is 11.2 Å². The Morgan fingerprint density at radius 1 is 1.58 bits per heavy atom. The maximum absolute atomic E-state index is 11.8. The third kappa shape index (κ3) is 1.46. The quantitative estimate of drug-likeness (QED) is 0.642. The third-order valence-corrected chi connectivity index (χ3v) is 4.62. The van der Waals surface area contributed by atoms with Crippen molar-refractivity contribution in [2.75, 3.05) is 12.3 Å². The van der Waals surface area contributed by atoms with Crippen LogP contribution in [0, 0.1) is 0 Å². The van der Waals surface area contributed by atoms with E-state index in [-0.39, 0.29) is 41.2 Å². The monoisotopic (exact) mass is 281 g/mol. The molecule has 8 nitrogen and oxygen atoms in total. The predicted octanol–water partition coefficient (Wildman–Crippen LogP) is -0.544. The Balaban J connectivity index is 1.91. The molecular formula is C10H11N5O3S. The topological polar surface area (TPSA) is 119 Å². The lowest BCUT2D eigenvalue weighted by Crippen LogP contribution is -2.16. The van der Waals surface area contributed by atoms with Crippen LogP contribution in [-0.4, -0.2) is 42.6 Å². The second-order valence-corrected chi connectivity index (χ2v) is 5.82. The molecule has 0 radical (unpaired) electrons. The van der Waals surface area contributed by atoms with Gasteiger partial charge < -0.3 is 15.6 Å². The Morgan fingerprint density at radius 3 is 3.21 bits per heavy atom. The lowest BCUT2D eigenvalue weighted by molar-refractivity contribution is -0.0210. The Bertz CT molecular complexity index is 726. The summed E-state index contributed by atoms with van der Waals surface area (Å²) in [6, 6.07) is 0. The molecule has 19 heavy (non-hydrogen) atoms. The fourth-order valence-electron chi connectivity index (χ4n) is 2.60. The van der Waals surface area contributed by atoms with Gasteiger partial charge in [-0.1, -0.05) is 11.8 Å². The van der Waals surface area contributed by atoms with Gasteiger partial charge in [-0.15, -0.1) is 0 Å². The maximum atomic E-state index is 11.8. The van der Waals surface area contributed by atoms with Crippen LogP contribution < -0.4 is 11.3 Å². The molecule has 2 aliphatic rings. The van der Waals surface area contributed by atoms with Crippen LogP contribution in [0.3, 0.4) is 0 Å². The van der Waals surface area contributed by atoms with Crippen molar-refractivity contribution >= 4 is 28.9 Å². The molecule has 100 valence electrons. The summed E-state index contributed by atoms with van der Waals surface area (Å²) in [6.07, 6.45) is 0.346. The number of nitrogens with zero attached hydrogens (tertiary/aromatic N) is 3. The van der Waals surface area contributed by atoms with Crippen molar-refractivity contribution in [3.05, 3.63) is 10.4 Å². The molecule has 9 heteroatoms. The van der Waals surface area contributed by atoms with Gasteiger partial charge in [0.1, 0.15) is 0 Å². The van der Waals surface area contributed by atoms with Crippen molar-refractivity contribution < 1.29 is 9.84 Å². The summed E-state index contributed by atoms with van der Waals surface area (Å²) in [7, 11) is 0. The highest BCUT2D eigenvalue weighted by molar-refractivity contribution is 8.00. The summed E-state index contributed by atoms with van der Waals surface area (Å²) >= 11 is 1.55. The first-order valence-corrected chi connectivity index (χ1v) is 6.76. The van der Waals surface area contributed by atoms with Gasteiger partial charge in [0.15, 0.2) is 22.5 Å². The van der Waals surface area contributed by atoms with Crippen LogP contribution >= 0.6 is 11.8 Å². The van der Waals surface area contributed by atoms with Gasteiger partial charge in [-0.3, -0.25) is 14.3 Å². The number of fused-ring (bicyclic) bond motifs is 5. The SMILES string of the molecule is Nc1nc2c(nc3n2C2O[C@H](CO)C[C@@H]2S3)c(=O)[nH]1. The van der Waals surface area contributed by atoms with E-state index in [0.717, 1.165) is 6.42 Å². The molecule has 4 heterocycles. The Labute approximate surface area is 111 Å². The molecule has 1 unspecified atom stereocenters. The number of nitrogens with two attached hydrogens (primary N) is 1.